The maximum atomic E-state index is 4.51. The molecule has 0 aromatic heterocycles. The van der Waals surface area contributed by atoms with Crippen LogP contribution in [0.25, 0.3) is 0 Å². The van der Waals surface area contributed by atoms with E-state index >= 15 is 0 Å². The zero-order chi connectivity index (χ0) is 14.3. The van der Waals surface area contributed by atoms with Crippen LogP contribution < -0.4 is 5.32 Å². The predicted molar refractivity (Wildman–Crippen MR) is 90.6 cm³/mol. The second-order valence-electron chi connectivity index (χ2n) is 5.50. The van der Waals surface area contributed by atoms with Gasteiger partial charge in [-0.3, -0.25) is 9.89 Å². The summed E-state index contributed by atoms with van der Waals surface area (Å²) in [6, 6.07) is 0. The van der Waals surface area contributed by atoms with Gasteiger partial charge in [0.15, 0.2) is 0 Å². The Morgan fingerprint density at radius 2 is 1.37 bits per heavy atom. The molecular weight excluding hydrogens is 252 g/mol. The Bertz CT molecular complexity index is 227. The normalized spacial score (nSPS) is 12.4. The Labute approximate surface area is 126 Å². The first-order valence-corrected chi connectivity index (χ1v) is 8.68. The van der Waals surface area contributed by atoms with Gasteiger partial charge in [-0.05, 0) is 19.3 Å². The standard InChI is InChI=1S/C16H34N2S/c1-4-6-8-9-10-11-12-13-14-17-16(19)18(3)15-7-5-2/h4-15H2,1-3H3,(H,17,19)/p+1. The van der Waals surface area contributed by atoms with Gasteiger partial charge in [-0.2, -0.15) is 0 Å². The SMILES string of the molecule is CCCCCCCCCCNC(S)=[N+](C)CCCC. The van der Waals surface area contributed by atoms with E-state index in [4.69, 9.17) is 0 Å². The van der Waals surface area contributed by atoms with Crippen LogP contribution >= 0.6 is 12.6 Å². The van der Waals surface area contributed by atoms with Crippen molar-refractivity contribution in [3.8, 4) is 0 Å². The van der Waals surface area contributed by atoms with E-state index < -0.39 is 0 Å². The third-order valence-corrected chi connectivity index (χ3v) is 4.02. The molecule has 0 fully saturated rings. The van der Waals surface area contributed by atoms with Crippen molar-refractivity contribution in [2.24, 2.45) is 0 Å². The van der Waals surface area contributed by atoms with Crippen molar-refractivity contribution < 1.29 is 4.58 Å². The lowest BCUT2D eigenvalue weighted by Crippen LogP contribution is -2.29. The molecule has 0 atom stereocenters. The van der Waals surface area contributed by atoms with Crippen molar-refractivity contribution in [1.82, 2.24) is 5.32 Å². The molecule has 0 saturated carbocycles. The van der Waals surface area contributed by atoms with E-state index in [0.29, 0.717) is 0 Å². The monoisotopic (exact) mass is 287 g/mol. The first-order valence-electron chi connectivity index (χ1n) is 8.23. The molecule has 0 spiro atoms. The lowest BCUT2D eigenvalue weighted by molar-refractivity contribution is -0.496. The molecular formula is C16H35N2S+. The van der Waals surface area contributed by atoms with Crippen molar-refractivity contribution in [1.29, 1.82) is 0 Å². The molecule has 0 bridgehead atoms. The van der Waals surface area contributed by atoms with Gasteiger partial charge in [0.05, 0.1) is 20.1 Å². The maximum Gasteiger partial charge on any atom is 0.302 e. The summed E-state index contributed by atoms with van der Waals surface area (Å²) in [7, 11) is 2.11. The molecule has 0 aliphatic heterocycles. The van der Waals surface area contributed by atoms with Crippen LogP contribution in [0.1, 0.15) is 78.1 Å². The van der Waals surface area contributed by atoms with Gasteiger partial charge in [0.1, 0.15) is 0 Å². The zero-order valence-corrected chi connectivity index (χ0v) is 14.3. The predicted octanol–water partition coefficient (Wildman–Crippen LogP) is 4.44. The highest BCUT2D eigenvalue weighted by Crippen LogP contribution is 2.07. The topological polar surface area (TPSA) is 15.0 Å². The Kier molecular flexibility index (Phi) is 14.1. The average Bonchev–Trinajstić information content (AvgIpc) is 2.42. The summed E-state index contributed by atoms with van der Waals surface area (Å²) in [5.74, 6) is 0. The van der Waals surface area contributed by atoms with Crippen LogP contribution in [-0.4, -0.2) is 29.9 Å². The minimum absolute atomic E-state index is 1.02. The molecule has 0 aliphatic rings. The average molecular weight is 288 g/mol. The summed E-state index contributed by atoms with van der Waals surface area (Å²) in [6.45, 7) is 6.65. The summed E-state index contributed by atoms with van der Waals surface area (Å²) >= 11 is 4.51. The van der Waals surface area contributed by atoms with Gasteiger partial charge in [-0.25, -0.2) is 0 Å². The lowest BCUT2D eigenvalue weighted by atomic mass is 10.1. The Balaban J connectivity index is 3.38. The Morgan fingerprint density at radius 1 is 0.842 bits per heavy atom. The van der Waals surface area contributed by atoms with Crippen LogP contribution in [0.3, 0.4) is 0 Å². The van der Waals surface area contributed by atoms with E-state index in [0.717, 1.165) is 18.3 Å². The molecule has 0 saturated heterocycles. The van der Waals surface area contributed by atoms with Gasteiger partial charge in [0.25, 0.3) is 0 Å². The van der Waals surface area contributed by atoms with E-state index in [-0.39, 0.29) is 0 Å². The Hall–Kier alpha value is -0.180. The molecule has 114 valence electrons. The number of rotatable bonds is 12. The van der Waals surface area contributed by atoms with E-state index in [1.54, 1.807) is 0 Å². The van der Waals surface area contributed by atoms with Gasteiger partial charge < -0.3 is 0 Å². The molecule has 3 heteroatoms. The third-order valence-electron chi connectivity index (χ3n) is 3.52. The molecule has 0 rings (SSSR count). The van der Waals surface area contributed by atoms with Crippen molar-refractivity contribution in [2.75, 3.05) is 20.1 Å². The fourth-order valence-electron chi connectivity index (χ4n) is 2.10. The minimum Gasteiger partial charge on any atom is -0.269 e. The van der Waals surface area contributed by atoms with Crippen LogP contribution in [0.2, 0.25) is 0 Å². The molecule has 0 aromatic carbocycles. The second kappa shape index (κ2) is 14.2. The molecule has 1 N–H and O–H groups in total. The number of thiol groups is 1. The third kappa shape index (κ3) is 12.6. The molecule has 2 nitrogen and oxygen atoms in total. The smallest absolute Gasteiger partial charge is 0.269 e. The van der Waals surface area contributed by atoms with E-state index in [2.05, 4.69) is 43.4 Å². The van der Waals surface area contributed by atoms with Crippen molar-refractivity contribution in [3.05, 3.63) is 0 Å². The van der Waals surface area contributed by atoms with Crippen LogP contribution in [0.4, 0.5) is 0 Å². The van der Waals surface area contributed by atoms with Gasteiger partial charge in [-0.1, -0.05) is 71.4 Å². The fourth-order valence-corrected chi connectivity index (χ4v) is 2.31. The molecule has 0 amide bonds. The largest absolute Gasteiger partial charge is 0.302 e. The van der Waals surface area contributed by atoms with Gasteiger partial charge in [0, 0.05) is 0 Å². The summed E-state index contributed by atoms with van der Waals surface area (Å²) in [5, 5.41) is 4.43. The highest BCUT2D eigenvalue weighted by molar-refractivity contribution is 7.96. The maximum absolute atomic E-state index is 4.51. The number of amidine groups is 1. The number of nitrogens with zero attached hydrogens (tertiary/aromatic N) is 1. The van der Waals surface area contributed by atoms with E-state index in [9.17, 15) is 0 Å². The van der Waals surface area contributed by atoms with Gasteiger partial charge in [-0.15, -0.1) is 0 Å². The Morgan fingerprint density at radius 3 is 1.95 bits per heavy atom. The molecule has 0 unspecified atom stereocenters. The molecule has 0 radical (unpaired) electrons. The van der Waals surface area contributed by atoms with Crippen LogP contribution in [0, 0.1) is 0 Å². The zero-order valence-electron chi connectivity index (χ0n) is 13.4. The van der Waals surface area contributed by atoms with Crippen molar-refractivity contribution >= 4 is 17.8 Å². The highest BCUT2D eigenvalue weighted by atomic mass is 32.1. The molecule has 19 heavy (non-hydrogen) atoms. The number of hydrogen-bond donors (Lipinski definition) is 2. The molecule has 0 aromatic rings. The van der Waals surface area contributed by atoms with Crippen LogP contribution in [0.5, 0.6) is 0 Å². The van der Waals surface area contributed by atoms with Gasteiger partial charge >= 0.3 is 5.17 Å². The van der Waals surface area contributed by atoms with E-state index in [1.807, 2.05) is 0 Å². The van der Waals surface area contributed by atoms with Gasteiger partial charge in [0.2, 0.25) is 0 Å². The van der Waals surface area contributed by atoms with Crippen molar-refractivity contribution in [3.63, 3.8) is 0 Å². The first kappa shape index (κ1) is 18.8. The van der Waals surface area contributed by atoms with Crippen LogP contribution in [-0.2, 0) is 0 Å². The summed E-state index contributed by atoms with van der Waals surface area (Å²) < 4.78 is 2.21. The van der Waals surface area contributed by atoms with E-state index in [1.165, 1.54) is 64.2 Å². The summed E-state index contributed by atoms with van der Waals surface area (Å²) in [4.78, 5) is 0. The number of hydrogen-bond acceptors (Lipinski definition) is 0. The minimum atomic E-state index is 1.02. The second-order valence-corrected chi connectivity index (χ2v) is 5.92. The molecule has 0 heterocycles. The fraction of sp³-hybridized carbons (Fsp3) is 0.938. The summed E-state index contributed by atoms with van der Waals surface area (Å²) in [6.07, 6.45) is 13.5. The molecule has 0 aliphatic carbocycles. The number of unbranched alkanes of at least 4 members (excludes halogenated alkanes) is 8. The van der Waals surface area contributed by atoms with Crippen molar-refractivity contribution in [2.45, 2.75) is 78.1 Å². The lowest BCUT2D eigenvalue weighted by Gasteiger charge is -2.05. The van der Waals surface area contributed by atoms with Crippen LogP contribution in [0.15, 0.2) is 0 Å². The number of nitrogens with one attached hydrogen (secondary N) is 1. The quantitative estimate of drug-likeness (QED) is 0.178. The summed E-state index contributed by atoms with van der Waals surface area (Å²) in [5.41, 5.74) is 0. The first-order chi connectivity index (χ1) is 9.22. The highest BCUT2D eigenvalue weighted by Gasteiger charge is 2.03.